The van der Waals surface area contributed by atoms with E-state index in [2.05, 4.69) is 22.0 Å². The minimum atomic E-state index is -0.453. The smallest absolute Gasteiger partial charge is 0.410 e. The lowest BCUT2D eigenvalue weighted by molar-refractivity contribution is 0.0286. The number of benzene rings is 1. The van der Waals surface area contributed by atoms with Crippen LogP contribution in [0.1, 0.15) is 38.7 Å². The van der Waals surface area contributed by atoms with Crippen LogP contribution in [0.15, 0.2) is 28.7 Å². The fourth-order valence-corrected chi connectivity index (χ4v) is 3.54. The van der Waals surface area contributed by atoms with E-state index in [1.807, 2.05) is 39.0 Å². The summed E-state index contributed by atoms with van der Waals surface area (Å²) in [5.74, 6) is 0.624. The van der Waals surface area contributed by atoms with E-state index in [1.54, 1.807) is 4.90 Å². The number of nitrogens with zero attached hydrogens (tertiary/aromatic N) is 1. The highest BCUT2D eigenvalue weighted by Crippen LogP contribution is 2.35. The first kappa shape index (κ1) is 17.3. The summed E-state index contributed by atoms with van der Waals surface area (Å²) in [5, 5.41) is 0. The van der Waals surface area contributed by atoms with Crippen molar-refractivity contribution in [2.75, 3.05) is 19.6 Å². The maximum Gasteiger partial charge on any atom is 0.410 e. The number of amides is 1. The van der Waals surface area contributed by atoms with Crippen LogP contribution in [0.5, 0.6) is 0 Å². The number of ether oxygens (including phenoxy) is 1. The van der Waals surface area contributed by atoms with Crippen molar-refractivity contribution >= 4 is 22.0 Å². The Balaban J connectivity index is 2.05. The van der Waals surface area contributed by atoms with Crippen molar-refractivity contribution in [2.24, 2.45) is 11.7 Å². The Morgan fingerprint density at radius 3 is 2.73 bits per heavy atom. The van der Waals surface area contributed by atoms with Crippen molar-refractivity contribution in [2.45, 2.75) is 38.7 Å². The molecule has 1 aromatic rings. The largest absolute Gasteiger partial charge is 0.444 e. The highest BCUT2D eigenvalue weighted by Gasteiger charge is 2.34. The minimum absolute atomic E-state index is 0.224. The molecule has 1 aromatic carbocycles. The molecule has 2 atom stereocenters. The molecule has 22 heavy (non-hydrogen) atoms. The fourth-order valence-electron chi connectivity index (χ4n) is 2.96. The van der Waals surface area contributed by atoms with Gasteiger partial charge in [0, 0.05) is 23.5 Å². The molecular weight excluding hydrogens is 344 g/mol. The Kier molecular flexibility index (Phi) is 5.50. The fraction of sp³-hybridized carbons (Fsp3) is 0.588. The molecule has 0 saturated carbocycles. The summed E-state index contributed by atoms with van der Waals surface area (Å²) in [4.78, 5) is 14.0. The van der Waals surface area contributed by atoms with Crippen molar-refractivity contribution in [3.8, 4) is 0 Å². The molecule has 0 bridgehead atoms. The molecule has 1 fully saturated rings. The summed E-state index contributed by atoms with van der Waals surface area (Å²) in [6, 6.07) is 8.18. The SMILES string of the molecule is CC(C)(C)OC(=O)N1CCC(C(CN)c2ccccc2Br)C1. The summed E-state index contributed by atoms with van der Waals surface area (Å²) in [6.45, 7) is 7.70. The van der Waals surface area contributed by atoms with Gasteiger partial charge in [-0.05, 0) is 51.3 Å². The summed E-state index contributed by atoms with van der Waals surface area (Å²) in [5.41, 5.74) is 6.79. The first-order chi connectivity index (χ1) is 10.3. The lowest BCUT2D eigenvalue weighted by Crippen LogP contribution is -2.36. The van der Waals surface area contributed by atoms with Gasteiger partial charge < -0.3 is 15.4 Å². The number of hydrogen-bond donors (Lipinski definition) is 1. The van der Waals surface area contributed by atoms with Gasteiger partial charge in [-0.3, -0.25) is 0 Å². The molecule has 1 aliphatic rings. The minimum Gasteiger partial charge on any atom is -0.444 e. The van der Waals surface area contributed by atoms with Crippen LogP contribution in [0.4, 0.5) is 4.79 Å². The van der Waals surface area contributed by atoms with Gasteiger partial charge in [0.2, 0.25) is 0 Å². The number of carbonyl (C=O) groups excluding carboxylic acids is 1. The molecule has 0 spiro atoms. The van der Waals surface area contributed by atoms with E-state index < -0.39 is 5.60 Å². The van der Waals surface area contributed by atoms with E-state index in [9.17, 15) is 4.79 Å². The molecule has 2 unspecified atom stereocenters. The third-order valence-corrected chi connectivity index (χ3v) is 4.73. The first-order valence-corrected chi connectivity index (χ1v) is 8.53. The lowest BCUT2D eigenvalue weighted by atomic mass is 9.85. The standard InChI is InChI=1S/C17H25BrN2O2/c1-17(2,3)22-16(21)20-9-8-12(11-20)14(10-19)13-6-4-5-7-15(13)18/h4-7,12,14H,8-11,19H2,1-3H3. The van der Waals surface area contributed by atoms with Gasteiger partial charge in [-0.15, -0.1) is 0 Å². The molecular formula is C17H25BrN2O2. The molecule has 1 heterocycles. The second-order valence-electron chi connectivity index (χ2n) is 6.84. The summed E-state index contributed by atoms with van der Waals surface area (Å²) in [6.07, 6.45) is 0.737. The average molecular weight is 369 g/mol. The van der Waals surface area contributed by atoms with Crippen molar-refractivity contribution in [1.29, 1.82) is 0 Å². The van der Waals surface area contributed by atoms with Crippen molar-refractivity contribution in [3.63, 3.8) is 0 Å². The quantitative estimate of drug-likeness (QED) is 0.883. The molecule has 0 aromatic heterocycles. The monoisotopic (exact) mass is 368 g/mol. The summed E-state index contributed by atoms with van der Waals surface area (Å²) in [7, 11) is 0. The molecule has 2 rings (SSSR count). The molecule has 1 amide bonds. The van der Waals surface area contributed by atoms with Crippen LogP contribution in [0.25, 0.3) is 0 Å². The predicted octanol–water partition coefficient (Wildman–Crippen LogP) is 3.75. The number of rotatable bonds is 3. The van der Waals surface area contributed by atoms with Gasteiger partial charge in [0.05, 0.1) is 0 Å². The van der Waals surface area contributed by atoms with Crippen LogP contribution in [-0.4, -0.2) is 36.2 Å². The Bertz CT molecular complexity index is 528. The maximum atomic E-state index is 12.2. The van der Waals surface area contributed by atoms with Gasteiger partial charge in [-0.1, -0.05) is 34.1 Å². The predicted molar refractivity (Wildman–Crippen MR) is 91.9 cm³/mol. The average Bonchev–Trinajstić information content (AvgIpc) is 2.89. The van der Waals surface area contributed by atoms with Crippen molar-refractivity contribution in [1.82, 2.24) is 4.90 Å². The lowest BCUT2D eigenvalue weighted by Gasteiger charge is -2.26. The third kappa shape index (κ3) is 4.23. The number of halogens is 1. The highest BCUT2D eigenvalue weighted by atomic mass is 79.9. The van der Waals surface area contributed by atoms with E-state index in [-0.39, 0.29) is 12.0 Å². The summed E-state index contributed by atoms with van der Waals surface area (Å²) < 4.78 is 6.54. The van der Waals surface area contributed by atoms with Gasteiger partial charge >= 0.3 is 6.09 Å². The van der Waals surface area contributed by atoms with Crippen LogP contribution in [0.3, 0.4) is 0 Å². The normalized spacial score (nSPS) is 20.0. The van der Waals surface area contributed by atoms with Crippen LogP contribution >= 0.6 is 15.9 Å². The molecule has 122 valence electrons. The Morgan fingerprint density at radius 2 is 2.14 bits per heavy atom. The van der Waals surface area contributed by atoms with Gasteiger partial charge in [-0.25, -0.2) is 4.79 Å². The Morgan fingerprint density at radius 1 is 1.45 bits per heavy atom. The molecule has 2 N–H and O–H groups in total. The zero-order valence-corrected chi connectivity index (χ0v) is 15.1. The van der Waals surface area contributed by atoms with Crippen LogP contribution in [0, 0.1) is 5.92 Å². The van der Waals surface area contributed by atoms with E-state index in [0.717, 1.165) is 17.4 Å². The van der Waals surface area contributed by atoms with E-state index in [1.165, 1.54) is 5.56 Å². The van der Waals surface area contributed by atoms with Gasteiger partial charge in [0.1, 0.15) is 5.60 Å². The molecule has 5 heteroatoms. The molecule has 1 aliphatic heterocycles. The van der Waals surface area contributed by atoms with Gasteiger partial charge in [0.25, 0.3) is 0 Å². The number of hydrogen-bond acceptors (Lipinski definition) is 3. The van der Waals surface area contributed by atoms with Crippen molar-refractivity contribution < 1.29 is 9.53 Å². The molecule has 0 radical (unpaired) electrons. The van der Waals surface area contributed by atoms with Gasteiger partial charge in [-0.2, -0.15) is 0 Å². The van der Waals surface area contributed by atoms with Crippen LogP contribution in [0.2, 0.25) is 0 Å². The topological polar surface area (TPSA) is 55.6 Å². The number of carbonyl (C=O) groups is 1. The number of likely N-dealkylation sites (tertiary alicyclic amines) is 1. The molecule has 1 saturated heterocycles. The van der Waals surface area contributed by atoms with E-state index in [0.29, 0.717) is 19.0 Å². The second-order valence-corrected chi connectivity index (χ2v) is 7.69. The molecule has 4 nitrogen and oxygen atoms in total. The highest BCUT2D eigenvalue weighted by molar-refractivity contribution is 9.10. The molecule has 0 aliphatic carbocycles. The second kappa shape index (κ2) is 7.01. The Labute approximate surface area is 141 Å². The summed E-state index contributed by atoms with van der Waals surface area (Å²) >= 11 is 3.61. The van der Waals surface area contributed by atoms with Crippen molar-refractivity contribution in [3.05, 3.63) is 34.3 Å². The third-order valence-electron chi connectivity index (χ3n) is 4.00. The van der Waals surface area contributed by atoms with Crippen LogP contribution < -0.4 is 5.73 Å². The van der Waals surface area contributed by atoms with E-state index >= 15 is 0 Å². The Hall–Kier alpha value is -1.07. The number of nitrogens with two attached hydrogens (primary N) is 1. The van der Waals surface area contributed by atoms with E-state index in [4.69, 9.17) is 10.5 Å². The zero-order valence-electron chi connectivity index (χ0n) is 13.5. The van der Waals surface area contributed by atoms with Gasteiger partial charge in [0.15, 0.2) is 0 Å². The van der Waals surface area contributed by atoms with Crippen LogP contribution in [-0.2, 0) is 4.74 Å². The zero-order chi connectivity index (χ0) is 16.3. The maximum absolute atomic E-state index is 12.2. The first-order valence-electron chi connectivity index (χ1n) is 7.74.